The number of halogens is 1. The topological polar surface area (TPSA) is 29.3 Å². The van der Waals surface area contributed by atoms with Crippen molar-refractivity contribution in [3.05, 3.63) is 65.5 Å². The van der Waals surface area contributed by atoms with E-state index in [1.165, 1.54) is 5.56 Å². The maximum atomic E-state index is 14.3. The summed E-state index contributed by atoms with van der Waals surface area (Å²) < 4.78 is 14.3. The molecule has 1 heterocycles. The number of nitrogens with two attached hydrogens (primary N) is 1. The highest BCUT2D eigenvalue weighted by Gasteiger charge is 2.25. The monoisotopic (exact) mass is 284 g/mol. The third kappa shape index (κ3) is 3.08. The van der Waals surface area contributed by atoms with Crippen LogP contribution in [0.4, 0.5) is 10.1 Å². The normalized spacial score (nSPS) is 18.2. The Kier molecular flexibility index (Phi) is 4.20. The van der Waals surface area contributed by atoms with E-state index in [2.05, 4.69) is 29.2 Å². The van der Waals surface area contributed by atoms with E-state index < -0.39 is 0 Å². The van der Waals surface area contributed by atoms with E-state index in [0.717, 1.165) is 31.5 Å². The van der Waals surface area contributed by atoms with E-state index in [4.69, 9.17) is 5.73 Å². The van der Waals surface area contributed by atoms with Crippen molar-refractivity contribution in [1.29, 1.82) is 0 Å². The van der Waals surface area contributed by atoms with Gasteiger partial charge in [0.05, 0.1) is 5.69 Å². The molecule has 0 aromatic heterocycles. The van der Waals surface area contributed by atoms with Gasteiger partial charge in [0.1, 0.15) is 5.82 Å². The molecular weight excluding hydrogens is 263 g/mol. The summed E-state index contributed by atoms with van der Waals surface area (Å²) in [5.41, 5.74) is 8.55. The molecule has 1 atom stereocenters. The minimum Gasteiger partial charge on any atom is -0.369 e. The molecular formula is C18H21FN2. The van der Waals surface area contributed by atoms with Crippen LogP contribution in [0.3, 0.4) is 0 Å². The molecule has 0 aliphatic carbocycles. The van der Waals surface area contributed by atoms with E-state index >= 15 is 0 Å². The van der Waals surface area contributed by atoms with Crippen LogP contribution >= 0.6 is 0 Å². The van der Waals surface area contributed by atoms with E-state index in [0.29, 0.717) is 18.2 Å². The van der Waals surface area contributed by atoms with E-state index in [1.54, 1.807) is 6.07 Å². The van der Waals surface area contributed by atoms with Crippen molar-refractivity contribution in [3.63, 3.8) is 0 Å². The smallest absolute Gasteiger partial charge is 0.146 e. The van der Waals surface area contributed by atoms with Crippen LogP contribution in [0, 0.1) is 5.82 Å². The van der Waals surface area contributed by atoms with Gasteiger partial charge in [-0.15, -0.1) is 0 Å². The molecule has 1 unspecified atom stereocenters. The Morgan fingerprint density at radius 1 is 1.14 bits per heavy atom. The zero-order chi connectivity index (χ0) is 14.7. The van der Waals surface area contributed by atoms with Gasteiger partial charge in [0.15, 0.2) is 0 Å². The molecule has 0 spiro atoms. The van der Waals surface area contributed by atoms with Gasteiger partial charge in [-0.25, -0.2) is 4.39 Å². The number of hydrogen-bond donors (Lipinski definition) is 1. The Labute approximate surface area is 125 Å². The molecule has 3 rings (SSSR count). The minimum absolute atomic E-state index is 0.130. The summed E-state index contributed by atoms with van der Waals surface area (Å²) in [7, 11) is 0. The number of rotatable bonds is 4. The Bertz CT molecular complexity index is 597. The zero-order valence-corrected chi connectivity index (χ0v) is 12.1. The van der Waals surface area contributed by atoms with Crippen LogP contribution in [-0.4, -0.2) is 19.6 Å². The van der Waals surface area contributed by atoms with Crippen molar-refractivity contribution < 1.29 is 4.39 Å². The Morgan fingerprint density at radius 3 is 2.67 bits per heavy atom. The van der Waals surface area contributed by atoms with E-state index in [9.17, 15) is 4.39 Å². The second-order valence-electron chi connectivity index (χ2n) is 5.67. The number of benzene rings is 2. The van der Waals surface area contributed by atoms with Crippen LogP contribution in [0.15, 0.2) is 48.5 Å². The van der Waals surface area contributed by atoms with Gasteiger partial charge in [-0.2, -0.15) is 0 Å². The van der Waals surface area contributed by atoms with Crippen LogP contribution in [0.5, 0.6) is 0 Å². The summed E-state index contributed by atoms with van der Waals surface area (Å²) in [5, 5.41) is 0. The molecule has 3 heteroatoms. The lowest BCUT2D eigenvalue weighted by atomic mass is 9.99. The standard InChI is InChI=1S/C18H21FN2/c19-17-12-14(8-10-20)6-7-18(17)21-11-9-16(13-21)15-4-2-1-3-5-15/h1-7,12,16H,8-11,13,20H2. The lowest BCUT2D eigenvalue weighted by molar-refractivity contribution is 0.620. The Hall–Kier alpha value is -1.87. The first-order valence-electron chi connectivity index (χ1n) is 7.56. The van der Waals surface area contributed by atoms with Crippen molar-refractivity contribution in [2.24, 2.45) is 5.73 Å². The average molecular weight is 284 g/mol. The summed E-state index contributed by atoms with van der Waals surface area (Å²) in [5.74, 6) is 0.365. The van der Waals surface area contributed by atoms with Gasteiger partial charge in [0.2, 0.25) is 0 Å². The molecule has 0 radical (unpaired) electrons. The fourth-order valence-corrected chi connectivity index (χ4v) is 3.11. The molecule has 110 valence electrons. The highest BCUT2D eigenvalue weighted by Crippen LogP contribution is 2.32. The SMILES string of the molecule is NCCc1ccc(N2CCC(c3ccccc3)C2)c(F)c1. The first-order valence-corrected chi connectivity index (χ1v) is 7.56. The molecule has 1 aliphatic rings. The van der Waals surface area contributed by atoms with Crippen molar-refractivity contribution in [1.82, 2.24) is 0 Å². The number of anilines is 1. The molecule has 1 saturated heterocycles. The Balaban J connectivity index is 1.74. The summed E-state index contributed by atoms with van der Waals surface area (Å²) in [6.45, 7) is 2.35. The van der Waals surface area contributed by atoms with E-state index in [1.807, 2.05) is 18.2 Å². The molecule has 1 fully saturated rings. The predicted octanol–water partition coefficient (Wildman–Crippen LogP) is 3.32. The highest BCUT2D eigenvalue weighted by atomic mass is 19.1. The molecule has 0 amide bonds. The molecule has 2 aromatic carbocycles. The van der Waals surface area contributed by atoms with Crippen LogP contribution < -0.4 is 10.6 Å². The van der Waals surface area contributed by atoms with Gasteiger partial charge in [-0.05, 0) is 42.6 Å². The second-order valence-corrected chi connectivity index (χ2v) is 5.67. The number of nitrogens with zero attached hydrogens (tertiary/aromatic N) is 1. The molecule has 2 nitrogen and oxygen atoms in total. The third-order valence-electron chi connectivity index (χ3n) is 4.25. The maximum Gasteiger partial charge on any atom is 0.146 e. The van der Waals surface area contributed by atoms with Crippen LogP contribution in [-0.2, 0) is 6.42 Å². The highest BCUT2D eigenvalue weighted by molar-refractivity contribution is 5.51. The summed E-state index contributed by atoms with van der Waals surface area (Å²) >= 11 is 0. The fourth-order valence-electron chi connectivity index (χ4n) is 3.11. The average Bonchev–Trinajstić information content (AvgIpc) is 2.98. The quantitative estimate of drug-likeness (QED) is 0.933. The summed E-state index contributed by atoms with van der Waals surface area (Å²) in [4.78, 5) is 2.15. The van der Waals surface area contributed by atoms with Crippen molar-refractivity contribution >= 4 is 5.69 Å². The predicted molar refractivity (Wildman–Crippen MR) is 85.2 cm³/mol. The summed E-state index contributed by atoms with van der Waals surface area (Å²) in [6.07, 6.45) is 1.80. The van der Waals surface area contributed by atoms with Gasteiger partial charge in [-0.1, -0.05) is 36.4 Å². The minimum atomic E-state index is -0.130. The van der Waals surface area contributed by atoms with Gasteiger partial charge in [-0.3, -0.25) is 0 Å². The first kappa shape index (κ1) is 14.1. The molecule has 1 aliphatic heterocycles. The molecule has 0 saturated carbocycles. The second kappa shape index (κ2) is 6.27. The van der Waals surface area contributed by atoms with Crippen molar-refractivity contribution in [2.45, 2.75) is 18.8 Å². The van der Waals surface area contributed by atoms with E-state index in [-0.39, 0.29) is 5.82 Å². The molecule has 2 N–H and O–H groups in total. The summed E-state index contributed by atoms with van der Waals surface area (Å²) in [6, 6.07) is 16.0. The van der Waals surface area contributed by atoms with Gasteiger partial charge in [0.25, 0.3) is 0 Å². The maximum absolute atomic E-state index is 14.3. The van der Waals surface area contributed by atoms with Gasteiger partial charge in [0, 0.05) is 19.0 Å². The number of hydrogen-bond acceptors (Lipinski definition) is 2. The van der Waals surface area contributed by atoms with Crippen LogP contribution in [0.2, 0.25) is 0 Å². The lowest BCUT2D eigenvalue weighted by Crippen LogP contribution is -2.20. The molecule has 0 bridgehead atoms. The largest absolute Gasteiger partial charge is 0.369 e. The fraction of sp³-hybridized carbons (Fsp3) is 0.333. The van der Waals surface area contributed by atoms with Crippen molar-refractivity contribution in [2.75, 3.05) is 24.5 Å². The Morgan fingerprint density at radius 2 is 1.95 bits per heavy atom. The first-order chi connectivity index (χ1) is 10.3. The van der Waals surface area contributed by atoms with Crippen molar-refractivity contribution in [3.8, 4) is 0 Å². The van der Waals surface area contributed by atoms with Gasteiger partial charge >= 0.3 is 0 Å². The lowest BCUT2D eigenvalue weighted by Gasteiger charge is -2.20. The van der Waals surface area contributed by atoms with Crippen LogP contribution in [0.25, 0.3) is 0 Å². The third-order valence-corrected chi connectivity index (χ3v) is 4.25. The van der Waals surface area contributed by atoms with Gasteiger partial charge < -0.3 is 10.6 Å². The zero-order valence-electron chi connectivity index (χ0n) is 12.1. The van der Waals surface area contributed by atoms with Crippen LogP contribution in [0.1, 0.15) is 23.5 Å². The molecule has 2 aromatic rings. The molecule has 21 heavy (non-hydrogen) atoms.